The van der Waals surface area contributed by atoms with Gasteiger partial charge in [-0.3, -0.25) is 4.79 Å². The van der Waals surface area contributed by atoms with Crippen LogP contribution in [0.1, 0.15) is 24.0 Å². The predicted molar refractivity (Wildman–Crippen MR) is 74.8 cm³/mol. The second-order valence-electron chi connectivity index (χ2n) is 5.39. The van der Waals surface area contributed by atoms with E-state index in [2.05, 4.69) is 37.2 Å². The first kappa shape index (κ1) is 13.1. The minimum absolute atomic E-state index is 0.130. The lowest BCUT2D eigenvalue weighted by molar-refractivity contribution is -0.121. The minimum atomic E-state index is 0.130. The standard InChI is InChI=1S/C15H22N2O/c1-11-6-7-14(9-12(11)2)16-15(18)13-5-4-8-17(3)10-13/h6-7,9,13H,4-5,8,10H2,1-3H3,(H,16,18)/t13-/m0/s1. The van der Waals surface area contributed by atoms with Gasteiger partial charge in [0.15, 0.2) is 0 Å². The zero-order valence-corrected chi connectivity index (χ0v) is 11.5. The molecule has 1 aromatic rings. The van der Waals surface area contributed by atoms with Crippen LogP contribution >= 0.6 is 0 Å². The summed E-state index contributed by atoms with van der Waals surface area (Å²) < 4.78 is 0. The molecule has 2 rings (SSSR count). The normalized spacial score (nSPS) is 20.7. The van der Waals surface area contributed by atoms with E-state index in [1.807, 2.05) is 12.1 Å². The van der Waals surface area contributed by atoms with Gasteiger partial charge in [-0.1, -0.05) is 6.07 Å². The van der Waals surface area contributed by atoms with Gasteiger partial charge in [0, 0.05) is 12.2 Å². The van der Waals surface area contributed by atoms with Crippen molar-refractivity contribution in [3.8, 4) is 0 Å². The lowest BCUT2D eigenvalue weighted by Gasteiger charge is -2.28. The Labute approximate surface area is 109 Å². The van der Waals surface area contributed by atoms with Crippen LogP contribution in [-0.4, -0.2) is 30.9 Å². The number of rotatable bonds is 2. The minimum Gasteiger partial charge on any atom is -0.326 e. The van der Waals surface area contributed by atoms with Gasteiger partial charge in [-0.15, -0.1) is 0 Å². The zero-order chi connectivity index (χ0) is 13.1. The Morgan fingerprint density at radius 3 is 2.78 bits per heavy atom. The molecule has 1 aromatic carbocycles. The molecule has 1 heterocycles. The summed E-state index contributed by atoms with van der Waals surface area (Å²) in [5, 5.41) is 3.03. The number of benzene rings is 1. The molecule has 0 spiro atoms. The van der Waals surface area contributed by atoms with Crippen molar-refractivity contribution in [1.82, 2.24) is 4.90 Å². The fourth-order valence-corrected chi connectivity index (χ4v) is 2.44. The van der Waals surface area contributed by atoms with Gasteiger partial charge in [-0.2, -0.15) is 0 Å². The second kappa shape index (κ2) is 5.53. The number of carbonyl (C=O) groups excluding carboxylic acids is 1. The summed E-state index contributed by atoms with van der Waals surface area (Å²) in [7, 11) is 2.08. The quantitative estimate of drug-likeness (QED) is 0.870. The van der Waals surface area contributed by atoms with Crippen LogP contribution in [0.5, 0.6) is 0 Å². The van der Waals surface area contributed by atoms with Gasteiger partial charge >= 0.3 is 0 Å². The molecule has 98 valence electrons. The number of hydrogen-bond acceptors (Lipinski definition) is 2. The molecule has 0 aromatic heterocycles. The van der Waals surface area contributed by atoms with E-state index in [9.17, 15) is 4.79 Å². The first-order chi connectivity index (χ1) is 8.56. The van der Waals surface area contributed by atoms with Crippen LogP contribution in [0, 0.1) is 19.8 Å². The summed E-state index contributed by atoms with van der Waals surface area (Å²) in [5.74, 6) is 0.287. The fraction of sp³-hybridized carbons (Fsp3) is 0.533. The Balaban J connectivity index is 2.00. The van der Waals surface area contributed by atoms with Crippen molar-refractivity contribution in [3.63, 3.8) is 0 Å². The molecular formula is C15H22N2O. The van der Waals surface area contributed by atoms with E-state index in [-0.39, 0.29) is 11.8 Å². The molecule has 0 bridgehead atoms. The summed E-state index contributed by atoms with van der Waals surface area (Å²) in [6.07, 6.45) is 2.11. The molecular weight excluding hydrogens is 224 g/mol. The Morgan fingerprint density at radius 2 is 2.11 bits per heavy atom. The van der Waals surface area contributed by atoms with Gasteiger partial charge in [0.05, 0.1) is 5.92 Å². The van der Waals surface area contributed by atoms with Crippen LogP contribution in [0.2, 0.25) is 0 Å². The molecule has 1 aliphatic heterocycles. The topological polar surface area (TPSA) is 32.3 Å². The smallest absolute Gasteiger partial charge is 0.228 e. The molecule has 18 heavy (non-hydrogen) atoms. The molecule has 3 nitrogen and oxygen atoms in total. The summed E-state index contributed by atoms with van der Waals surface area (Å²) in [4.78, 5) is 14.4. The highest BCUT2D eigenvalue weighted by molar-refractivity contribution is 5.92. The Morgan fingerprint density at radius 1 is 1.33 bits per heavy atom. The lowest BCUT2D eigenvalue weighted by atomic mass is 9.97. The molecule has 1 amide bonds. The van der Waals surface area contributed by atoms with Crippen molar-refractivity contribution in [1.29, 1.82) is 0 Å². The average Bonchev–Trinajstić information content (AvgIpc) is 2.34. The molecule has 1 saturated heterocycles. The summed E-state index contributed by atoms with van der Waals surface area (Å²) in [5.41, 5.74) is 3.38. The molecule has 1 N–H and O–H groups in total. The van der Waals surface area contributed by atoms with Gasteiger partial charge < -0.3 is 10.2 Å². The maximum Gasteiger partial charge on any atom is 0.228 e. The van der Waals surface area contributed by atoms with E-state index in [0.29, 0.717) is 0 Å². The van der Waals surface area contributed by atoms with Crippen LogP contribution in [0.4, 0.5) is 5.69 Å². The van der Waals surface area contributed by atoms with Crippen LogP contribution in [0.25, 0.3) is 0 Å². The number of likely N-dealkylation sites (tertiary alicyclic amines) is 1. The zero-order valence-electron chi connectivity index (χ0n) is 11.5. The number of anilines is 1. The molecule has 0 aliphatic carbocycles. The largest absolute Gasteiger partial charge is 0.326 e. The van der Waals surface area contributed by atoms with E-state index >= 15 is 0 Å². The highest BCUT2D eigenvalue weighted by Crippen LogP contribution is 2.19. The molecule has 1 aliphatic rings. The first-order valence-electron chi connectivity index (χ1n) is 6.63. The molecule has 0 unspecified atom stereocenters. The third-order valence-electron chi connectivity index (χ3n) is 3.77. The number of nitrogens with one attached hydrogen (secondary N) is 1. The molecule has 0 saturated carbocycles. The van der Waals surface area contributed by atoms with Gasteiger partial charge in [-0.25, -0.2) is 0 Å². The summed E-state index contributed by atoms with van der Waals surface area (Å²) >= 11 is 0. The first-order valence-corrected chi connectivity index (χ1v) is 6.63. The third kappa shape index (κ3) is 3.10. The van der Waals surface area contributed by atoms with E-state index in [1.54, 1.807) is 0 Å². The van der Waals surface area contributed by atoms with Gasteiger partial charge in [0.2, 0.25) is 5.91 Å². The van der Waals surface area contributed by atoms with Crippen LogP contribution in [0.3, 0.4) is 0 Å². The van der Waals surface area contributed by atoms with E-state index in [4.69, 9.17) is 0 Å². The number of hydrogen-bond donors (Lipinski definition) is 1. The maximum atomic E-state index is 12.2. The van der Waals surface area contributed by atoms with Crippen molar-refractivity contribution in [2.75, 3.05) is 25.5 Å². The number of aryl methyl sites for hydroxylation is 2. The Bertz CT molecular complexity index is 442. The van der Waals surface area contributed by atoms with Crippen LogP contribution < -0.4 is 5.32 Å². The Kier molecular flexibility index (Phi) is 4.02. The summed E-state index contributed by atoms with van der Waals surface area (Å²) in [6, 6.07) is 6.07. The van der Waals surface area contributed by atoms with Crippen LogP contribution in [0.15, 0.2) is 18.2 Å². The number of nitrogens with zero attached hydrogens (tertiary/aromatic N) is 1. The Hall–Kier alpha value is -1.35. The number of piperidine rings is 1. The van der Waals surface area contributed by atoms with Gasteiger partial charge in [0.1, 0.15) is 0 Å². The summed E-state index contributed by atoms with van der Waals surface area (Å²) in [6.45, 7) is 6.13. The van der Waals surface area contributed by atoms with Gasteiger partial charge in [0.25, 0.3) is 0 Å². The molecule has 1 atom stereocenters. The average molecular weight is 246 g/mol. The lowest BCUT2D eigenvalue weighted by Crippen LogP contribution is -2.38. The van der Waals surface area contributed by atoms with E-state index in [1.165, 1.54) is 11.1 Å². The molecule has 0 radical (unpaired) electrons. The van der Waals surface area contributed by atoms with E-state index in [0.717, 1.165) is 31.6 Å². The maximum absolute atomic E-state index is 12.2. The fourth-order valence-electron chi connectivity index (χ4n) is 2.44. The highest BCUT2D eigenvalue weighted by Gasteiger charge is 2.23. The molecule has 1 fully saturated rings. The van der Waals surface area contributed by atoms with Crippen molar-refractivity contribution in [2.45, 2.75) is 26.7 Å². The van der Waals surface area contributed by atoms with Gasteiger partial charge in [-0.05, 0) is 63.5 Å². The predicted octanol–water partition coefficient (Wildman–Crippen LogP) is 2.58. The van der Waals surface area contributed by atoms with E-state index < -0.39 is 0 Å². The van der Waals surface area contributed by atoms with Crippen molar-refractivity contribution in [2.24, 2.45) is 5.92 Å². The SMILES string of the molecule is Cc1ccc(NC(=O)[C@H]2CCCN(C)C2)cc1C. The molecule has 3 heteroatoms. The van der Waals surface area contributed by atoms with Crippen LogP contribution in [-0.2, 0) is 4.79 Å². The van der Waals surface area contributed by atoms with Crippen molar-refractivity contribution < 1.29 is 4.79 Å². The number of amides is 1. The monoisotopic (exact) mass is 246 g/mol. The van der Waals surface area contributed by atoms with Crippen molar-refractivity contribution in [3.05, 3.63) is 29.3 Å². The second-order valence-corrected chi connectivity index (χ2v) is 5.39. The van der Waals surface area contributed by atoms with Crippen molar-refractivity contribution >= 4 is 11.6 Å². The number of carbonyl (C=O) groups is 1. The third-order valence-corrected chi connectivity index (χ3v) is 3.77. The highest BCUT2D eigenvalue weighted by atomic mass is 16.1.